The molecule has 1 saturated heterocycles. The lowest BCUT2D eigenvalue weighted by atomic mass is 9.83. The van der Waals surface area contributed by atoms with E-state index in [1.54, 1.807) is 16.4 Å². The second-order valence-electron chi connectivity index (χ2n) is 7.56. The largest absolute Gasteiger partial charge is 0.394 e. The molecule has 1 fully saturated rings. The molecule has 0 unspecified atom stereocenters. The molecular formula is C22H26N2O3S. The molecule has 2 N–H and O–H groups in total. The number of aliphatic hydroxyl groups is 1. The first kappa shape index (κ1) is 19.2. The first-order valence-corrected chi connectivity index (χ1v) is 11.1. The molecule has 0 bridgehead atoms. The van der Waals surface area contributed by atoms with Crippen LogP contribution in [0.5, 0.6) is 0 Å². The fourth-order valence-electron chi connectivity index (χ4n) is 4.58. The number of nitrogens with one attached hydrogen (secondary N) is 1. The zero-order chi connectivity index (χ0) is 19.9. The molecule has 0 saturated carbocycles. The molecule has 0 amide bonds. The average molecular weight is 399 g/mol. The van der Waals surface area contributed by atoms with Gasteiger partial charge in [-0.2, -0.15) is 4.31 Å². The number of hydrogen-bond acceptors (Lipinski definition) is 4. The fraction of sp³-hybridized carbons (Fsp3) is 0.364. The van der Waals surface area contributed by atoms with Crippen LogP contribution in [0, 0.1) is 12.8 Å². The fourth-order valence-corrected chi connectivity index (χ4v) is 6.47. The Kier molecular flexibility index (Phi) is 5.04. The van der Waals surface area contributed by atoms with Gasteiger partial charge in [0, 0.05) is 18.2 Å². The maximum Gasteiger partial charge on any atom is 0.243 e. The smallest absolute Gasteiger partial charge is 0.243 e. The monoisotopic (exact) mass is 398 g/mol. The Hall–Kier alpha value is -2.15. The summed E-state index contributed by atoms with van der Waals surface area (Å²) in [6, 6.07) is 12.8. The lowest BCUT2D eigenvalue weighted by Gasteiger charge is -2.39. The van der Waals surface area contributed by atoms with Crippen LogP contribution in [0.1, 0.15) is 36.1 Å². The van der Waals surface area contributed by atoms with Gasteiger partial charge in [0.1, 0.15) is 0 Å². The van der Waals surface area contributed by atoms with Crippen LogP contribution in [-0.4, -0.2) is 37.0 Å². The summed E-state index contributed by atoms with van der Waals surface area (Å²) in [5.41, 5.74) is 3.69. The van der Waals surface area contributed by atoms with Crippen molar-refractivity contribution >= 4 is 21.8 Å². The Morgan fingerprint density at radius 1 is 1.25 bits per heavy atom. The summed E-state index contributed by atoms with van der Waals surface area (Å²) in [6.45, 7) is 4.23. The van der Waals surface area contributed by atoms with E-state index in [0.717, 1.165) is 28.8 Å². The summed E-state index contributed by atoms with van der Waals surface area (Å²) in [5.74, 6) is 0.0390. The van der Waals surface area contributed by atoms with Crippen LogP contribution in [0.2, 0.25) is 0 Å². The molecule has 6 heteroatoms. The highest BCUT2D eigenvalue weighted by atomic mass is 32.2. The third-order valence-corrected chi connectivity index (χ3v) is 7.93. The topological polar surface area (TPSA) is 69.6 Å². The number of sulfonamides is 1. The molecule has 2 aromatic carbocycles. The van der Waals surface area contributed by atoms with Gasteiger partial charge in [-0.1, -0.05) is 36.4 Å². The molecule has 5 nitrogen and oxygen atoms in total. The van der Waals surface area contributed by atoms with E-state index in [1.165, 1.54) is 0 Å². The minimum Gasteiger partial charge on any atom is -0.394 e. The SMILES string of the molecule is C/C=C/c1ccc2c(c1)[C@@H]1[C@@H](CCN1S(=O)(=O)c1ccccc1C)[C@H](CO)N2. The van der Waals surface area contributed by atoms with E-state index in [1.807, 2.05) is 50.3 Å². The van der Waals surface area contributed by atoms with E-state index >= 15 is 0 Å². The second-order valence-corrected chi connectivity index (χ2v) is 9.42. The standard InChI is InChI=1S/C22H26N2O3S/c1-3-6-16-9-10-19-18(13-16)22-17(20(14-25)23-19)11-12-24(22)28(26,27)21-8-5-4-7-15(21)2/h3-10,13,17,20,22-23,25H,11-12,14H2,1-2H3/b6-3+/t17-,20-,22-/m0/s1. The molecule has 2 aliphatic rings. The highest BCUT2D eigenvalue weighted by molar-refractivity contribution is 7.89. The number of rotatable bonds is 4. The number of aliphatic hydroxyl groups excluding tert-OH is 1. The van der Waals surface area contributed by atoms with Crippen LogP contribution in [0.25, 0.3) is 6.08 Å². The maximum absolute atomic E-state index is 13.6. The van der Waals surface area contributed by atoms with Gasteiger partial charge in [-0.3, -0.25) is 0 Å². The predicted molar refractivity (Wildman–Crippen MR) is 112 cm³/mol. The van der Waals surface area contributed by atoms with E-state index in [9.17, 15) is 13.5 Å². The van der Waals surface area contributed by atoms with Crippen molar-refractivity contribution in [2.24, 2.45) is 5.92 Å². The van der Waals surface area contributed by atoms with Crippen molar-refractivity contribution in [1.82, 2.24) is 4.31 Å². The summed E-state index contributed by atoms with van der Waals surface area (Å²) in [5, 5.41) is 13.3. The molecule has 0 aliphatic carbocycles. The molecule has 28 heavy (non-hydrogen) atoms. The van der Waals surface area contributed by atoms with Crippen LogP contribution >= 0.6 is 0 Å². The third kappa shape index (κ3) is 3.05. The summed E-state index contributed by atoms with van der Waals surface area (Å²) in [4.78, 5) is 0.362. The van der Waals surface area contributed by atoms with Gasteiger partial charge < -0.3 is 10.4 Å². The number of benzene rings is 2. The second kappa shape index (κ2) is 7.35. The molecule has 2 heterocycles. The Bertz CT molecular complexity index is 1020. The predicted octanol–water partition coefficient (Wildman–Crippen LogP) is 3.57. The molecule has 0 radical (unpaired) electrons. The van der Waals surface area contributed by atoms with E-state index in [2.05, 4.69) is 11.4 Å². The number of nitrogens with zero attached hydrogens (tertiary/aromatic N) is 1. The molecule has 148 valence electrons. The van der Waals surface area contributed by atoms with Gasteiger partial charge in [0.05, 0.1) is 23.6 Å². The van der Waals surface area contributed by atoms with E-state index < -0.39 is 10.0 Å². The maximum atomic E-state index is 13.6. The zero-order valence-electron chi connectivity index (χ0n) is 16.2. The summed E-state index contributed by atoms with van der Waals surface area (Å²) < 4.78 is 28.7. The Balaban J connectivity index is 1.84. The van der Waals surface area contributed by atoms with Crippen LogP contribution in [0.4, 0.5) is 5.69 Å². The van der Waals surface area contributed by atoms with E-state index in [0.29, 0.717) is 11.4 Å². The number of aryl methyl sites for hydroxylation is 1. The van der Waals surface area contributed by atoms with Crippen molar-refractivity contribution in [1.29, 1.82) is 0 Å². The van der Waals surface area contributed by atoms with Crippen LogP contribution in [0.3, 0.4) is 0 Å². The highest BCUT2D eigenvalue weighted by Gasteiger charge is 2.48. The number of fused-ring (bicyclic) bond motifs is 3. The lowest BCUT2D eigenvalue weighted by Crippen LogP contribution is -2.42. The molecular weight excluding hydrogens is 372 g/mol. The zero-order valence-corrected chi connectivity index (χ0v) is 17.0. The van der Waals surface area contributed by atoms with Crippen molar-refractivity contribution in [2.45, 2.75) is 37.2 Å². The van der Waals surface area contributed by atoms with Gasteiger partial charge in [0.2, 0.25) is 10.0 Å². The van der Waals surface area contributed by atoms with Gasteiger partial charge >= 0.3 is 0 Å². The molecule has 2 aromatic rings. The molecule has 0 aromatic heterocycles. The average Bonchev–Trinajstić information content (AvgIpc) is 3.14. The minimum atomic E-state index is -3.63. The number of anilines is 1. The van der Waals surface area contributed by atoms with Crippen LogP contribution in [0.15, 0.2) is 53.4 Å². The summed E-state index contributed by atoms with van der Waals surface area (Å²) in [6.07, 6.45) is 4.71. The van der Waals surface area contributed by atoms with Gasteiger partial charge in [-0.05, 0) is 55.2 Å². The van der Waals surface area contributed by atoms with Gasteiger partial charge in [-0.15, -0.1) is 0 Å². The molecule has 2 aliphatic heterocycles. The first-order chi connectivity index (χ1) is 13.5. The Morgan fingerprint density at radius 2 is 2.04 bits per heavy atom. The summed E-state index contributed by atoms with van der Waals surface area (Å²) in [7, 11) is -3.63. The summed E-state index contributed by atoms with van der Waals surface area (Å²) >= 11 is 0. The van der Waals surface area contributed by atoms with Crippen LogP contribution in [-0.2, 0) is 10.0 Å². The highest BCUT2D eigenvalue weighted by Crippen LogP contribution is 2.48. The molecule has 0 spiro atoms. The van der Waals surface area contributed by atoms with Crippen LogP contribution < -0.4 is 5.32 Å². The Morgan fingerprint density at radius 3 is 2.75 bits per heavy atom. The van der Waals surface area contributed by atoms with Crippen molar-refractivity contribution < 1.29 is 13.5 Å². The first-order valence-electron chi connectivity index (χ1n) is 9.69. The Labute approximate surface area is 166 Å². The normalized spacial score (nSPS) is 24.8. The third-order valence-electron chi connectivity index (χ3n) is 5.89. The quantitative estimate of drug-likeness (QED) is 0.826. The molecule has 3 atom stereocenters. The van der Waals surface area contributed by atoms with Gasteiger partial charge in [0.15, 0.2) is 0 Å². The van der Waals surface area contributed by atoms with Crippen molar-refractivity contribution in [2.75, 3.05) is 18.5 Å². The van der Waals surface area contributed by atoms with Crippen molar-refractivity contribution in [3.8, 4) is 0 Å². The van der Waals surface area contributed by atoms with E-state index in [-0.39, 0.29) is 24.6 Å². The van der Waals surface area contributed by atoms with Gasteiger partial charge in [-0.25, -0.2) is 8.42 Å². The van der Waals surface area contributed by atoms with E-state index in [4.69, 9.17) is 0 Å². The van der Waals surface area contributed by atoms with Gasteiger partial charge in [0.25, 0.3) is 0 Å². The number of hydrogen-bond donors (Lipinski definition) is 2. The molecule has 4 rings (SSSR count). The minimum absolute atomic E-state index is 0.0184. The van der Waals surface area contributed by atoms with Crippen molar-refractivity contribution in [3.63, 3.8) is 0 Å². The lowest BCUT2D eigenvalue weighted by molar-refractivity contribution is 0.210. The van der Waals surface area contributed by atoms with Crippen molar-refractivity contribution in [3.05, 3.63) is 65.2 Å². The number of allylic oxidation sites excluding steroid dienone is 1.